The molecule has 2 aliphatic rings. The van der Waals surface area contributed by atoms with Gasteiger partial charge in [0.2, 0.25) is 0 Å². The molecule has 29 heavy (non-hydrogen) atoms. The lowest BCUT2D eigenvalue weighted by Crippen LogP contribution is -2.60. The van der Waals surface area contributed by atoms with Crippen LogP contribution in [0.4, 0.5) is 4.79 Å². The van der Waals surface area contributed by atoms with E-state index in [4.69, 9.17) is 9.47 Å². The standard InChI is InChI=1S/C20H28N6O3/c1-14-16(6-5-7-17(14)26-13-21-22-23-26)18-11-24-8-9-25(10-15(24)12-28-18)19(27)29-20(2,3)4/h5-7,13,15,18H,8-12H2,1-4H3/t15-,18+/m0/s1. The monoisotopic (exact) mass is 400 g/mol. The van der Waals surface area contributed by atoms with Crippen LogP contribution in [-0.4, -0.2) is 80.5 Å². The summed E-state index contributed by atoms with van der Waals surface area (Å²) in [6.07, 6.45) is 1.33. The van der Waals surface area contributed by atoms with Crippen LogP contribution in [0.5, 0.6) is 0 Å². The molecule has 0 bridgehead atoms. The highest BCUT2D eigenvalue weighted by Gasteiger charge is 2.37. The van der Waals surface area contributed by atoms with E-state index in [0.29, 0.717) is 19.7 Å². The fourth-order valence-electron chi connectivity index (χ4n) is 3.97. The number of hydrogen-bond donors (Lipinski definition) is 0. The van der Waals surface area contributed by atoms with E-state index >= 15 is 0 Å². The normalized spacial score (nSPS) is 23.0. The maximum absolute atomic E-state index is 12.4. The van der Waals surface area contributed by atoms with Gasteiger partial charge < -0.3 is 14.4 Å². The Morgan fingerprint density at radius 3 is 2.79 bits per heavy atom. The summed E-state index contributed by atoms with van der Waals surface area (Å²) < 4.78 is 13.4. The largest absolute Gasteiger partial charge is 0.444 e. The third-order valence-corrected chi connectivity index (χ3v) is 5.44. The summed E-state index contributed by atoms with van der Waals surface area (Å²) in [5, 5.41) is 11.5. The smallest absolute Gasteiger partial charge is 0.410 e. The Bertz CT molecular complexity index is 864. The van der Waals surface area contributed by atoms with Crippen LogP contribution in [0, 0.1) is 6.92 Å². The maximum Gasteiger partial charge on any atom is 0.410 e. The fourth-order valence-corrected chi connectivity index (χ4v) is 3.97. The molecule has 0 saturated carbocycles. The first-order valence-electron chi connectivity index (χ1n) is 9.98. The second-order valence-electron chi connectivity index (χ2n) is 8.64. The molecule has 3 heterocycles. The molecular weight excluding hydrogens is 372 g/mol. The number of amides is 1. The van der Waals surface area contributed by atoms with E-state index in [1.54, 1.807) is 15.9 Å². The van der Waals surface area contributed by atoms with E-state index in [2.05, 4.69) is 33.4 Å². The highest BCUT2D eigenvalue weighted by atomic mass is 16.6. The van der Waals surface area contributed by atoms with Gasteiger partial charge in [-0.2, -0.15) is 0 Å². The van der Waals surface area contributed by atoms with E-state index < -0.39 is 5.60 Å². The number of benzene rings is 1. The van der Waals surface area contributed by atoms with Gasteiger partial charge in [0, 0.05) is 26.2 Å². The van der Waals surface area contributed by atoms with Gasteiger partial charge in [-0.1, -0.05) is 12.1 Å². The summed E-state index contributed by atoms with van der Waals surface area (Å²) in [6, 6.07) is 6.30. The van der Waals surface area contributed by atoms with Gasteiger partial charge in [0.1, 0.15) is 11.9 Å². The SMILES string of the molecule is Cc1c([C@H]2CN3CCN(C(=O)OC(C)(C)C)C[C@H]3CO2)cccc1-n1cnnn1. The second kappa shape index (κ2) is 7.72. The predicted octanol–water partition coefficient (Wildman–Crippen LogP) is 1.96. The minimum absolute atomic E-state index is 0.0178. The minimum atomic E-state index is -0.482. The molecule has 9 heteroatoms. The van der Waals surface area contributed by atoms with Crippen molar-refractivity contribution in [3.63, 3.8) is 0 Å². The first kappa shape index (κ1) is 19.8. The molecule has 1 amide bonds. The van der Waals surface area contributed by atoms with Crippen molar-refractivity contribution >= 4 is 6.09 Å². The van der Waals surface area contributed by atoms with Crippen LogP contribution in [0.1, 0.15) is 38.0 Å². The summed E-state index contributed by atoms with van der Waals surface area (Å²) in [7, 11) is 0. The summed E-state index contributed by atoms with van der Waals surface area (Å²) in [4.78, 5) is 16.6. The third-order valence-electron chi connectivity index (χ3n) is 5.44. The van der Waals surface area contributed by atoms with Crippen LogP contribution in [-0.2, 0) is 9.47 Å². The number of carbonyl (C=O) groups excluding carboxylic acids is 1. The van der Waals surface area contributed by atoms with Gasteiger partial charge in [0.25, 0.3) is 0 Å². The van der Waals surface area contributed by atoms with Crippen molar-refractivity contribution < 1.29 is 14.3 Å². The van der Waals surface area contributed by atoms with Gasteiger partial charge in [-0.05, 0) is 55.3 Å². The highest BCUT2D eigenvalue weighted by Crippen LogP contribution is 2.31. The number of tetrazole rings is 1. The van der Waals surface area contributed by atoms with Crippen LogP contribution >= 0.6 is 0 Å². The summed E-state index contributed by atoms with van der Waals surface area (Å²) in [5.41, 5.74) is 2.72. The van der Waals surface area contributed by atoms with Gasteiger partial charge in [-0.15, -0.1) is 5.10 Å². The lowest BCUT2D eigenvalue weighted by atomic mass is 9.98. The van der Waals surface area contributed by atoms with Crippen molar-refractivity contribution in [3.8, 4) is 5.69 Å². The fraction of sp³-hybridized carbons (Fsp3) is 0.600. The Morgan fingerprint density at radius 1 is 1.24 bits per heavy atom. The van der Waals surface area contributed by atoms with Gasteiger partial charge in [-0.3, -0.25) is 4.90 Å². The van der Waals surface area contributed by atoms with Gasteiger partial charge >= 0.3 is 6.09 Å². The van der Waals surface area contributed by atoms with Crippen molar-refractivity contribution in [2.45, 2.75) is 45.4 Å². The van der Waals surface area contributed by atoms with Crippen molar-refractivity contribution in [2.24, 2.45) is 0 Å². The number of fused-ring (bicyclic) bond motifs is 1. The Labute approximate surface area is 170 Å². The number of carbonyl (C=O) groups is 1. The number of aromatic nitrogens is 4. The summed E-state index contributed by atoms with van der Waals surface area (Å²) >= 11 is 0. The molecule has 0 aliphatic carbocycles. The number of rotatable bonds is 2. The molecule has 2 atom stereocenters. The second-order valence-corrected chi connectivity index (χ2v) is 8.64. The van der Waals surface area contributed by atoms with Crippen molar-refractivity contribution in [3.05, 3.63) is 35.7 Å². The van der Waals surface area contributed by atoms with E-state index in [1.165, 1.54) is 0 Å². The van der Waals surface area contributed by atoms with Crippen LogP contribution in [0.2, 0.25) is 0 Å². The van der Waals surface area contributed by atoms with Crippen molar-refractivity contribution in [1.29, 1.82) is 0 Å². The van der Waals surface area contributed by atoms with Crippen molar-refractivity contribution in [1.82, 2.24) is 30.0 Å². The van der Waals surface area contributed by atoms with Crippen LogP contribution in [0.3, 0.4) is 0 Å². The zero-order chi connectivity index (χ0) is 20.6. The number of piperazine rings is 1. The predicted molar refractivity (Wildman–Crippen MR) is 106 cm³/mol. The van der Waals surface area contributed by atoms with Crippen molar-refractivity contribution in [2.75, 3.05) is 32.8 Å². The Hall–Kier alpha value is -2.52. The van der Waals surface area contributed by atoms with Crippen LogP contribution in [0.15, 0.2) is 24.5 Å². The average Bonchev–Trinajstić information content (AvgIpc) is 3.20. The average molecular weight is 400 g/mol. The minimum Gasteiger partial charge on any atom is -0.444 e. The Balaban J connectivity index is 1.43. The number of nitrogens with zero attached hydrogens (tertiary/aromatic N) is 6. The molecule has 156 valence electrons. The molecule has 4 rings (SSSR count). The van der Waals surface area contributed by atoms with Crippen LogP contribution < -0.4 is 0 Å². The lowest BCUT2D eigenvalue weighted by Gasteiger charge is -2.46. The molecule has 0 unspecified atom stereocenters. The topological polar surface area (TPSA) is 85.6 Å². The molecule has 2 saturated heterocycles. The number of ether oxygens (including phenoxy) is 2. The zero-order valence-electron chi connectivity index (χ0n) is 17.4. The molecule has 9 nitrogen and oxygen atoms in total. The van der Waals surface area contributed by atoms with Crippen LogP contribution in [0.25, 0.3) is 5.69 Å². The Kier molecular flexibility index (Phi) is 5.26. The highest BCUT2D eigenvalue weighted by molar-refractivity contribution is 5.68. The molecule has 2 aliphatic heterocycles. The first-order chi connectivity index (χ1) is 13.8. The van der Waals surface area contributed by atoms with E-state index in [1.807, 2.05) is 32.9 Å². The van der Waals surface area contributed by atoms with Gasteiger partial charge in [-0.25, -0.2) is 9.48 Å². The zero-order valence-corrected chi connectivity index (χ0v) is 17.4. The number of morpholine rings is 1. The van der Waals surface area contributed by atoms with E-state index in [0.717, 1.165) is 29.9 Å². The summed E-state index contributed by atoms with van der Waals surface area (Å²) in [6.45, 7) is 11.2. The van der Waals surface area contributed by atoms with E-state index in [9.17, 15) is 4.79 Å². The lowest BCUT2D eigenvalue weighted by molar-refractivity contribution is -0.0908. The molecule has 2 aromatic rings. The first-order valence-corrected chi connectivity index (χ1v) is 9.98. The summed E-state index contributed by atoms with van der Waals surface area (Å²) in [5.74, 6) is 0. The Morgan fingerprint density at radius 2 is 2.07 bits per heavy atom. The molecule has 1 aromatic heterocycles. The molecule has 0 spiro atoms. The van der Waals surface area contributed by atoms with Gasteiger partial charge in [0.15, 0.2) is 0 Å². The molecular formula is C20H28N6O3. The number of hydrogen-bond acceptors (Lipinski definition) is 7. The molecule has 1 aromatic carbocycles. The quantitative estimate of drug-likeness (QED) is 0.762. The molecule has 0 radical (unpaired) electrons. The van der Waals surface area contributed by atoms with Gasteiger partial charge in [0.05, 0.1) is 24.4 Å². The third kappa shape index (κ3) is 4.25. The van der Waals surface area contributed by atoms with E-state index in [-0.39, 0.29) is 18.2 Å². The molecule has 0 N–H and O–H groups in total. The maximum atomic E-state index is 12.4. The molecule has 2 fully saturated rings.